The van der Waals surface area contributed by atoms with Crippen molar-refractivity contribution in [3.8, 4) is 6.07 Å². The van der Waals surface area contributed by atoms with Gasteiger partial charge in [0.1, 0.15) is 6.04 Å². The number of carbonyl (C=O) groups excluding carboxylic acids is 2. The number of amides is 2. The molecule has 3 rings (SSSR count). The van der Waals surface area contributed by atoms with Crippen molar-refractivity contribution in [1.82, 2.24) is 10.6 Å². The molecule has 0 saturated heterocycles. The lowest BCUT2D eigenvalue weighted by atomic mass is 9.83. The first-order valence-electron chi connectivity index (χ1n) is 10.9. The van der Waals surface area contributed by atoms with Gasteiger partial charge in [0, 0.05) is 6.54 Å². The van der Waals surface area contributed by atoms with Crippen LogP contribution in [0.25, 0.3) is 0 Å². The SMILES string of the molecule is N#CC(CCc1ccccc1)NC(=O)C1(OC(=O)NCc2ccccc2)CCCCC1. The van der Waals surface area contributed by atoms with E-state index in [0.717, 1.165) is 30.4 Å². The number of alkyl carbamates (subject to hydrolysis) is 1. The van der Waals surface area contributed by atoms with E-state index in [9.17, 15) is 14.9 Å². The van der Waals surface area contributed by atoms with Gasteiger partial charge in [-0.2, -0.15) is 5.26 Å². The van der Waals surface area contributed by atoms with Crippen molar-refractivity contribution in [2.75, 3.05) is 0 Å². The Morgan fingerprint density at radius 1 is 0.968 bits per heavy atom. The molecule has 162 valence electrons. The van der Waals surface area contributed by atoms with Gasteiger partial charge in [-0.15, -0.1) is 0 Å². The second kappa shape index (κ2) is 11.2. The highest BCUT2D eigenvalue weighted by atomic mass is 16.6. The number of nitriles is 1. The summed E-state index contributed by atoms with van der Waals surface area (Å²) in [6, 6.07) is 20.9. The highest BCUT2D eigenvalue weighted by molar-refractivity contribution is 5.88. The Morgan fingerprint density at radius 3 is 2.19 bits per heavy atom. The van der Waals surface area contributed by atoms with Crippen molar-refractivity contribution in [2.24, 2.45) is 0 Å². The number of carbonyl (C=O) groups is 2. The van der Waals surface area contributed by atoms with Crippen LogP contribution in [-0.4, -0.2) is 23.6 Å². The van der Waals surface area contributed by atoms with Crippen LogP contribution in [0.15, 0.2) is 60.7 Å². The summed E-state index contributed by atoms with van der Waals surface area (Å²) >= 11 is 0. The van der Waals surface area contributed by atoms with Crippen LogP contribution in [0.2, 0.25) is 0 Å². The molecule has 1 fully saturated rings. The number of ether oxygens (including phenoxy) is 1. The maximum absolute atomic E-state index is 13.1. The maximum Gasteiger partial charge on any atom is 0.408 e. The first-order chi connectivity index (χ1) is 15.1. The molecule has 0 spiro atoms. The number of nitrogens with one attached hydrogen (secondary N) is 2. The van der Waals surface area contributed by atoms with Crippen molar-refractivity contribution in [2.45, 2.75) is 63.1 Å². The summed E-state index contributed by atoms with van der Waals surface area (Å²) in [6.45, 7) is 0.329. The fraction of sp³-hybridized carbons (Fsp3) is 0.400. The predicted molar refractivity (Wildman–Crippen MR) is 118 cm³/mol. The van der Waals surface area contributed by atoms with Crippen molar-refractivity contribution in [3.63, 3.8) is 0 Å². The van der Waals surface area contributed by atoms with E-state index in [1.807, 2.05) is 60.7 Å². The lowest BCUT2D eigenvalue weighted by Gasteiger charge is -2.35. The zero-order valence-electron chi connectivity index (χ0n) is 17.7. The molecule has 6 heteroatoms. The molecule has 1 aliphatic carbocycles. The summed E-state index contributed by atoms with van der Waals surface area (Å²) in [7, 11) is 0. The van der Waals surface area contributed by atoms with Gasteiger partial charge in [0.15, 0.2) is 5.60 Å². The largest absolute Gasteiger partial charge is 0.433 e. The van der Waals surface area contributed by atoms with Gasteiger partial charge < -0.3 is 15.4 Å². The lowest BCUT2D eigenvalue weighted by Crippen LogP contribution is -2.54. The van der Waals surface area contributed by atoms with Crippen LogP contribution in [0.5, 0.6) is 0 Å². The fourth-order valence-corrected chi connectivity index (χ4v) is 3.90. The van der Waals surface area contributed by atoms with E-state index in [1.54, 1.807) is 0 Å². The van der Waals surface area contributed by atoms with Gasteiger partial charge in [-0.05, 0) is 49.7 Å². The van der Waals surface area contributed by atoms with Crippen molar-refractivity contribution < 1.29 is 14.3 Å². The van der Waals surface area contributed by atoms with Gasteiger partial charge in [-0.25, -0.2) is 4.79 Å². The number of rotatable bonds is 8. The Labute approximate surface area is 183 Å². The van der Waals surface area contributed by atoms with Crippen LogP contribution in [0.3, 0.4) is 0 Å². The first-order valence-corrected chi connectivity index (χ1v) is 10.9. The number of nitrogens with zero attached hydrogens (tertiary/aromatic N) is 1. The fourth-order valence-electron chi connectivity index (χ4n) is 3.90. The van der Waals surface area contributed by atoms with Crippen molar-refractivity contribution >= 4 is 12.0 Å². The van der Waals surface area contributed by atoms with Gasteiger partial charge >= 0.3 is 6.09 Å². The minimum Gasteiger partial charge on any atom is -0.433 e. The number of hydrogen-bond donors (Lipinski definition) is 2. The van der Waals surface area contributed by atoms with E-state index in [1.165, 1.54) is 0 Å². The Hall–Kier alpha value is -3.33. The third-order valence-electron chi connectivity index (χ3n) is 5.67. The van der Waals surface area contributed by atoms with Crippen LogP contribution in [-0.2, 0) is 22.5 Å². The molecule has 2 aromatic rings. The first kappa shape index (κ1) is 22.4. The third kappa shape index (κ3) is 6.58. The minimum atomic E-state index is -1.22. The van der Waals surface area contributed by atoms with Gasteiger partial charge in [-0.3, -0.25) is 4.79 Å². The Balaban J connectivity index is 1.59. The van der Waals surface area contributed by atoms with Crippen molar-refractivity contribution in [3.05, 3.63) is 71.8 Å². The summed E-state index contributed by atoms with van der Waals surface area (Å²) in [5.41, 5.74) is 0.842. The lowest BCUT2D eigenvalue weighted by molar-refractivity contribution is -0.144. The molecule has 0 aliphatic heterocycles. The van der Waals surface area contributed by atoms with Crippen LogP contribution < -0.4 is 10.6 Å². The third-order valence-corrected chi connectivity index (χ3v) is 5.67. The molecule has 1 atom stereocenters. The second-order valence-corrected chi connectivity index (χ2v) is 7.96. The average molecular weight is 420 g/mol. The molecule has 2 aromatic carbocycles. The summed E-state index contributed by atoms with van der Waals surface area (Å²) in [6.07, 6.45) is 4.12. The molecule has 2 amide bonds. The summed E-state index contributed by atoms with van der Waals surface area (Å²) < 4.78 is 5.70. The highest BCUT2D eigenvalue weighted by Gasteiger charge is 2.44. The number of hydrogen-bond acceptors (Lipinski definition) is 4. The minimum absolute atomic E-state index is 0.329. The summed E-state index contributed by atoms with van der Waals surface area (Å²) in [5.74, 6) is -0.373. The molecule has 31 heavy (non-hydrogen) atoms. The quantitative estimate of drug-likeness (QED) is 0.669. The zero-order valence-corrected chi connectivity index (χ0v) is 17.7. The Kier molecular flexibility index (Phi) is 8.05. The molecule has 2 N–H and O–H groups in total. The van der Waals surface area contributed by atoms with Gasteiger partial charge in [0.2, 0.25) is 0 Å². The van der Waals surface area contributed by atoms with Crippen LogP contribution in [0.1, 0.15) is 49.7 Å². The molecular weight excluding hydrogens is 390 g/mol. The predicted octanol–water partition coefficient (Wildman–Crippen LogP) is 4.26. The molecule has 0 bridgehead atoms. The van der Waals surface area contributed by atoms with E-state index in [2.05, 4.69) is 16.7 Å². The Bertz CT molecular complexity index is 887. The smallest absolute Gasteiger partial charge is 0.408 e. The van der Waals surface area contributed by atoms with E-state index >= 15 is 0 Å². The maximum atomic E-state index is 13.1. The topological polar surface area (TPSA) is 91.2 Å². The summed E-state index contributed by atoms with van der Waals surface area (Å²) in [5, 5.41) is 15.1. The monoisotopic (exact) mass is 419 g/mol. The number of benzene rings is 2. The molecule has 1 aliphatic rings. The van der Waals surface area contributed by atoms with Gasteiger partial charge in [-0.1, -0.05) is 67.1 Å². The average Bonchev–Trinajstić information content (AvgIpc) is 2.82. The van der Waals surface area contributed by atoms with E-state index in [-0.39, 0.29) is 5.91 Å². The molecule has 0 heterocycles. The van der Waals surface area contributed by atoms with Crippen LogP contribution >= 0.6 is 0 Å². The molecule has 1 saturated carbocycles. The molecule has 1 unspecified atom stereocenters. The van der Waals surface area contributed by atoms with Gasteiger partial charge in [0.05, 0.1) is 6.07 Å². The van der Waals surface area contributed by atoms with E-state index in [4.69, 9.17) is 4.74 Å². The standard InChI is InChI=1S/C25H29N3O3/c26-18-22(15-14-20-10-4-1-5-11-20)28-23(29)25(16-8-3-9-17-25)31-24(30)27-19-21-12-6-2-7-13-21/h1-2,4-7,10-13,22H,3,8-9,14-17,19H2,(H,27,30)(H,28,29). The second-order valence-electron chi connectivity index (χ2n) is 7.96. The molecular formula is C25H29N3O3. The summed E-state index contributed by atoms with van der Waals surface area (Å²) in [4.78, 5) is 25.6. The van der Waals surface area contributed by atoms with E-state index in [0.29, 0.717) is 32.2 Å². The molecule has 0 radical (unpaired) electrons. The number of aryl methyl sites for hydroxylation is 1. The van der Waals surface area contributed by atoms with Crippen molar-refractivity contribution in [1.29, 1.82) is 5.26 Å². The van der Waals surface area contributed by atoms with Crippen LogP contribution in [0, 0.1) is 11.3 Å². The van der Waals surface area contributed by atoms with E-state index < -0.39 is 17.7 Å². The normalized spacial score (nSPS) is 15.8. The Morgan fingerprint density at radius 2 is 1.58 bits per heavy atom. The zero-order chi connectivity index (χ0) is 21.9. The highest BCUT2D eigenvalue weighted by Crippen LogP contribution is 2.32. The van der Waals surface area contributed by atoms with Gasteiger partial charge in [0.25, 0.3) is 5.91 Å². The van der Waals surface area contributed by atoms with Crippen LogP contribution in [0.4, 0.5) is 4.79 Å². The molecule has 6 nitrogen and oxygen atoms in total. The molecule has 0 aromatic heterocycles.